The lowest BCUT2D eigenvalue weighted by atomic mass is 9.63. The van der Waals surface area contributed by atoms with E-state index in [0.29, 0.717) is 23.6 Å². The van der Waals surface area contributed by atoms with Gasteiger partial charge in [-0.15, -0.1) is 0 Å². The molecule has 0 aromatic heterocycles. The SMILES string of the molecule is Cc1ccc(NC(=O)C2CC3(C2)CS(=O)(=O)C3)cc1Cl. The van der Waals surface area contributed by atoms with Crippen LogP contribution in [-0.4, -0.2) is 25.8 Å². The van der Waals surface area contributed by atoms with Crippen LogP contribution in [0.25, 0.3) is 0 Å². The zero-order valence-corrected chi connectivity index (χ0v) is 12.7. The van der Waals surface area contributed by atoms with Crippen LogP contribution in [0.4, 0.5) is 5.69 Å². The molecule has 1 aromatic carbocycles. The number of nitrogens with one attached hydrogen (secondary N) is 1. The largest absolute Gasteiger partial charge is 0.326 e. The minimum atomic E-state index is -2.82. The molecule has 0 radical (unpaired) electrons. The predicted molar refractivity (Wildman–Crippen MR) is 78.6 cm³/mol. The standard InChI is InChI=1S/C14H16ClNO3S/c1-9-2-3-11(4-12(9)15)16-13(17)10-5-14(6-10)7-20(18,19)8-14/h2-4,10H,5-8H2,1H3,(H,16,17). The van der Waals surface area contributed by atoms with E-state index in [2.05, 4.69) is 5.32 Å². The van der Waals surface area contributed by atoms with Crippen LogP contribution < -0.4 is 5.32 Å². The van der Waals surface area contributed by atoms with Gasteiger partial charge in [0.1, 0.15) is 0 Å². The van der Waals surface area contributed by atoms with E-state index in [-0.39, 0.29) is 28.7 Å². The van der Waals surface area contributed by atoms with Crippen LogP contribution in [0.2, 0.25) is 5.02 Å². The molecule has 2 aliphatic rings. The molecule has 1 aromatic rings. The molecular formula is C14H16ClNO3S. The van der Waals surface area contributed by atoms with Gasteiger partial charge >= 0.3 is 0 Å². The van der Waals surface area contributed by atoms with Crippen molar-refractivity contribution in [3.05, 3.63) is 28.8 Å². The molecule has 2 fully saturated rings. The van der Waals surface area contributed by atoms with Crippen molar-refractivity contribution in [2.24, 2.45) is 11.3 Å². The van der Waals surface area contributed by atoms with Crippen LogP contribution in [0, 0.1) is 18.3 Å². The lowest BCUT2D eigenvalue weighted by Crippen LogP contribution is -2.58. The van der Waals surface area contributed by atoms with E-state index in [0.717, 1.165) is 5.56 Å². The highest BCUT2D eigenvalue weighted by atomic mass is 35.5. The maximum atomic E-state index is 12.1. The fourth-order valence-electron chi connectivity index (χ4n) is 3.21. The molecule has 1 saturated carbocycles. The summed E-state index contributed by atoms with van der Waals surface area (Å²) in [6.45, 7) is 1.90. The monoisotopic (exact) mass is 313 g/mol. The number of carbonyl (C=O) groups excluding carboxylic acids is 1. The number of carbonyl (C=O) groups is 1. The van der Waals surface area contributed by atoms with E-state index in [9.17, 15) is 13.2 Å². The molecule has 1 heterocycles. The van der Waals surface area contributed by atoms with Gasteiger partial charge in [0.2, 0.25) is 5.91 Å². The maximum absolute atomic E-state index is 12.1. The molecule has 6 heteroatoms. The van der Waals surface area contributed by atoms with E-state index in [1.54, 1.807) is 6.07 Å². The average molecular weight is 314 g/mol. The predicted octanol–water partition coefficient (Wildman–Crippen LogP) is 2.41. The number of aryl methyl sites for hydroxylation is 1. The Morgan fingerprint density at radius 1 is 1.35 bits per heavy atom. The number of halogens is 1. The van der Waals surface area contributed by atoms with Crippen molar-refractivity contribution in [2.45, 2.75) is 19.8 Å². The minimum Gasteiger partial charge on any atom is -0.326 e. The van der Waals surface area contributed by atoms with Gasteiger partial charge in [0, 0.05) is 16.6 Å². The summed E-state index contributed by atoms with van der Waals surface area (Å²) in [5.74, 6) is 0.380. The smallest absolute Gasteiger partial charge is 0.227 e. The van der Waals surface area contributed by atoms with Crippen molar-refractivity contribution in [3.63, 3.8) is 0 Å². The van der Waals surface area contributed by atoms with Crippen molar-refractivity contribution in [1.29, 1.82) is 0 Å². The molecule has 1 saturated heterocycles. The number of hydrogen-bond acceptors (Lipinski definition) is 3. The lowest BCUT2D eigenvalue weighted by Gasteiger charge is -2.52. The van der Waals surface area contributed by atoms with Crippen molar-refractivity contribution < 1.29 is 13.2 Å². The number of rotatable bonds is 2. The van der Waals surface area contributed by atoms with Gasteiger partial charge in [0.15, 0.2) is 9.84 Å². The highest BCUT2D eigenvalue weighted by Crippen LogP contribution is 2.53. The molecule has 1 N–H and O–H groups in total. The second kappa shape index (κ2) is 4.46. The number of anilines is 1. The number of amides is 1. The van der Waals surface area contributed by atoms with E-state index in [4.69, 9.17) is 11.6 Å². The summed E-state index contributed by atoms with van der Waals surface area (Å²) in [5.41, 5.74) is 1.55. The normalized spacial score (nSPS) is 22.9. The average Bonchev–Trinajstić information content (AvgIpc) is 2.27. The molecule has 0 bridgehead atoms. The first-order chi connectivity index (χ1) is 9.29. The second-order valence-electron chi connectivity index (χ2n) is 6.09. The van der Waals surface area contributed by atoms with Gasteiger partial charge in [0.25, 0.3) is 0 Å². The third kappa shape index (κ3) is 2.44. The second-order valence-corrected chi connectivity index (χ2v) is 8.56. The van der Waals surface area contributed by atoms with Crippen molar-refractivity contribution >= 4 is 33.0 Å². The van der Waals surface area contributed by atoms with Gasteiger partial charge in [-0.3, -0.25) is 4.79 Å². The first-order valence-corrected chi connectivity index (χ1v) is 8.76. The molecule has 1 aliphatic heterocycles. The van der Waals surface area contributed by atoms with Crippen LogP contribution in [-0.2, 0) is 14.6 Å². The van der Waals surface area contributed by atoms with Gasteiger partial charge in [-0.1, -0.05) is 17.7 Å². The van der Waals surface area contributed by atoms with Gasteiger partial charge < -0.3 is 5.32 Å². The molecule has 20 heavy (non-hydrogen) atoms. The van der Waals surface area contributed by atoms with E-state index in [1.165, 1.54) is 0 Å². The Morgan fingerprint density at radius 2 is 2.00 bits per heavy atom. The Morgan fingerprint density at radius 3 is 2.55 bits per heavy atom. The summed E-state index contributed by atoms with van der Waals surface area (Å²) in [4.78, 5) is 12.1. The molecule has 4 nitrogen and oxygen atoms in total. The highest BCUT2D eigenvalue weighted by Gasteiger charge is 2.57. The molecule has 3 rings (SSSR count). The third-order valence-electron chi connectivity index (χ3n) is 4.22. The summed E-state index contributed by atoms with van der Waals surface area (Å²) in [5, 5.41) is 3.47. The van der Waals surface area contributed by atoms with Crippen LogP contribution in [0.15, 0.2) is 18.2 Å². The zero-order valence-electron chi connectivity index (χ0n) is 11.1. The van der Waals surface area contributed by atoms with Crippen molar-refractivity contribution in [1.82, 2.24) is 0 Å². The Hall–Kier alpha value is -1.07. The summed E-state index contributed by atoms with van der Waals surface area (Å²) < 4.78 is 22.4. The quantitative estimate of drug-likeness (QED) is 0.912. The molecular weight excluding hydrogens is 298 g/mol. The van der Waals surface area contributed by atoms with E-state index < -0.39 is 9.84 Å². The number of hydrogen-bond donors (Lipinski definition) is 1. The van der Waals surface area contributed by atoms with Crippen LogP contribution in [0.3, 0.4) is 0 Å². The Labute approximate surface area is 123 Å². The minimum absolute atomic E-state index is 0.0418. The summed E-state index contributed by atoms with van der Waals surface area (Å²) in [6, 6.07) is 5.41. The van der Waals surface area contributed by atoms with Crippen molar-refractivity contribution in [2.75, 3.05) is 16.8 Å². The summed E-state index contributed by atoms with van der Waals surface area (Å²) in [6.07, 6.45) is 1.36. The number of sulfone groups is 1. The first kappa shape index (κ1) is 13.9. The molecule has 1 aliphatic carbocycles. The van der Waals surface area contributed by atoms with E-state index >= 15 is 0 Å². The highest BCUT2D eigenvalue weighted by molar-refractivity contribution is 7.92. The van der Waals surface area contributed by atoms with Gasteiger partial charge in [-0.2, -0.15) is 0 Å². The molecule has 0 atom stereocenters. The topological polar surface area (TPSA) is 63.2 Å². The van der Waals surface area contributed by atoms with Crippen molar-refractivity contribution in [3.8, 4) is 0 Å². The Balaban J connectivity index is 1.58. The van der Waals surface area contributed by atoms with Gasteiger partial charge in [-0.25, -0.2) is 8.42 Å². The zero-order chi connectivity index (χ0) is 14.5. The fourth-order valence-corrected chi connectivity index (χ4v) is 5.65. The first-order valence-electron chi connectivity index (χ1n) is 6.56. The third-order valence-corrected chi connectivity index (χ3v) is 6.73. The maximum Gasteiger partial charge on any atom is 0.227 e. The molecule has 1 amide bonds. The van der Waals surface area contributed by atoms with Crippen LogP contribution in [0.1, 0.15) is 18.4 Å². The number of benzene rings is 1. The lowest BCUT2D eigenvalue weighted by molar-refractivity contribution is -0.126. The molecule has 1 spiro atoms. The van der Waals surface area contributed by atoms with Gasteiger partial charge in [0.05, 0.1) is 11.5 Å². The molecule has 108 valence electrons. The van der Waals surface area contributed by atoms with E-state index in [1.807, 2.05) is 19.1 Å². The summed E-state index contributed by atoms with van der Waals surface area (Å²) >= 11 is 6.02. The summed E-state index contributed by atoms with van der Waals surface area (Å²) in [7, 11) is -2.82. The Kier molecular flexibility index (Phi) is 3.10. The molecule has 0 unspecified atom stereocenters. The van der Waals surface area contributed by atoms with Crippen LogP contribution >= 0.6 is 11.6 Å². The fraction of sp³-hybridized carbons (Fsp3) is 0.500. The Bertz CT molecular complexity index is 664. The van der Waals surface area contributed by atoms with Crippen LogP contribution in [0.5, 0.6) is 0 Å². The van der Waals surface area contributed by atoms with Gasteiger partial charge in [-0.05, 0) is 42.9 Å².